The summed E-state index contributed by atoms with van der Waals surface area (Å²) in [4.78, 5) is 29.4. The highest BCUT2D eigenvalue weighted by Gasteiger charge is 2.60. The van der Waals surface area contributed by atoms with Crippen molar-refractivity contribution < 1.29 is 23.8 Å². The summed E-state index contributed by atoms with van der Waals surface area (Å²) in [6.07, 6.45) is 4.48. The van der Waals surface area contributed by atoms with Crippen LogP contribution in [-0.4, -0.2) is 62.0 Å². The molecule has 1 N–H and O–H groups in total. The number of carbonyl (C=O) groups excluding carboxylic acids is 2. The molecule has 0 aromatic heterocycles. The number of halogens is 1. The first kappa shape index (κ1) is 20.6. The zero-order valence-corrected chi connectivity index (χ0v) is 18.8. The molecule has 7 nitrogen and oxygen atoms in total. The third kappa shape index (κ3) is 2.97. The van der Waals surface area contributed by atoms with Crippen LogP contribution in [0.3, 0.4) is 0 Å². The molecule has 1 aliphatic carbocycles. The van der Waals surface area contributed by atoms with Gasteiger partial charge in [0.1, 0.15) is 22.1 Å². The Bertz CT molecular complexity index is 985. The van der Waals surface area contributed by atoms with Crippen molar-refractivity contribution in [2.45, 2.75) is 37.8 Å². The van der Waals surface area contributed by atoms with Crippen molar-refractivity contribution in [1.82, 2.24) is 10.2 Å². The minimum absolute atomic E-state index is 0.158. The summed E-state index contributed by atoms with van der Waals surface area (Å²) < 4.78 is 16.8. The van der Waals surface area contributed by atoms with Crippen molar-refractivity contribution in [3.05, 3.63) is 28.4 Å². The van der Waals surface area contributed by atoms with Gasteiger partial charge in [0.2, 0.25) is 17.2 Å². The maximum Gasteiger partial charge on any atom is 0.236 e. The average molecular weight is 447 g/mol. The summed E-state index contributed by atoms with van der Waals surface area (Å²) in [6.45, 7) is 5.20. The molecule has 0 amide bonds. The van der Waals surface area contributed by atoms with Gasteiger partial charge in [-0.3, -0.25) is 9.59 Å². The number of carbonyl (C=O) groups is 2. The summed E-state index contributed by atoms with van der Waals surface area (Å²) in [6, 6.07) is 1.90. The van der Waals surface area contributed by atoms with Crippen LogP contribution in [0, 0.1) is 11.8 Å². The monoisotopic (exact) mass is 446 g/mol. The number of ketones is 2. The van der Waals surface area contributed by atoms with Gasteiger partial charge in [-0.1, -0.05) is 18.5 Å². The molecule has 2 bridgehead atoms. The highest BCUT2D eigenvalue weighted by molar-refractivity contribution is 6.36. The Morgan fingerprint density at radius 1 is 1.19 bits per heavy atom. The number of hydrogen-bond donors (Lipinski definition) is 1. The van der Waals surface area contributed by atoms with Crippen LogP contribution in [0.15, 0.2) is 17.8 Å². The lowest BCUT2D eigenvalue weighted by atomic mass is 9.74. The summed E-state index contributed by atoms with van der Waals surface area (Å²) in [5, 5.41) is 3.78. The number of piperidine rings is 3. The molecule has 3 unspecified atom stereocenters. The SMILES string of the molecule is COc1cc(OC)c2c(c1Cl)OC1(C(=O)C=C(NC3CN4CCC3CC4)CC1C)C2=O. The summed E-state index contributed by atoms with van der Waals surface area (Å²) in [5.74, 6) is 0.297. The summed E-state index contributed by atoms with van der Waals surface area (Å²) in [5.41, 5.74) is -0.535. The van der Waals surface area contributed by atoms with Gasteiger partial charge in [0.15, 0.2) is 5.75 Å². The first-order valence-corrected chi connectivity index (χ1v) is 11.2. The quantitative estimate of drug-likeness (QED) is 0.712. The largest absolute Gasteiger partial charge is 0.496 e. The number of ether oxygens (including phenoxy) is 3. The van der Waals surface area contributed by atoms with Crippen LogP contribution >= 0.6 is 11.6 Å². The molecule has 31 heavy (non-hydrogen) atoms. The van der Waals surface area contributed by atoms with Crippen LogP contribution in [0.25, 0.3) is 0 Å². The summed E-state index contributed by atoms with van der Waals surface area (Å²) in [7, 11) is 2.94. The van der Waals surface area contributed by atoms with Gasteiger partial charge in [0.05, 0.1) is 14.2 Å². The standard InChI is InChI=1S/C23H27ClN2O5/c1-12-8-14(25-15-11-26-6-4-13(15)5-7-26)9-18(27)23(12)22(28)19-16(29-2)10-17(30-3)20(24)21(19)31-23/h9-10,12-13,15,25H,4-8,11H2,1-3H3. The molecule has 3 saturated heterocycles. The molecular weight excluding hydrogens is 420 g/mol. The number of nitrogens with one attached hydrogen (secondary N) is 1. The fourth-order valence-electron chi connectivity index (χ4n) is 5.60. The molecule has 4 heterocycles. The topological polar surface area (TPSA) is 77.1 Å². The van der Waals surface area contributed by atoms with Crippen molar-refractivity contribution in [3.8, 4) is 17.2 Å². The lowest BCUT2D eigenvalue weighted by molar-refractivity contribution is -0.129. The molecule has 6 rings (SSSR count). The van der Waals surface area contributed by atoms with Crippen molar-refractivity contribution >= 4 is 23.2 Å². The van der Waals surface area contributed by atoms with Crippen LogP contribution in [0.4, 0.5) is 0 Å². The van der Waals surface area contributed by atoms with Crippen molar-refractivity contribution in [2.24, 2.45) is 11.8 Å². The molecule has 3 fully saturated rings. The molecule has 1 spiro atoms. The Morgan fingerprint density at radius 2 is 1.90 bits per heavy atom. The van der Waals surface area contributed by atoms with E-state index in [0.717, 1.165) is 25.3 Å². The Labute approximate surface area is 186 Å². The van der Waals surface area contributed by atoms with Gasteiger partial charge in [-0.25, -0.2) is 0 Å². The fraction of sp³-hybridized carbons (Fsp3) is 0.565. The lowest BCUT2D eigenvalue weighted by Gasteiger charge is -2.46. The van der Waals surface area contributed by atoms with Crippen LogP contribution in [0.5, 0.6) is 17.2 Å². The third-order valence-corrected chi connectivity index (χ3v) is 7.69. The predicted octanol–water partition coefficient (Wildman–Crippen LogP) is 2.85. The Kier molecular flexibility index (Phi) is 4.94. The van der Waals surface area contributed by atoms with Crippen LogP contribution in [0.1, 0.15) is 36.5 Å². The first-order chi connectivity index (χ1) is 14.9. The van der Waals surface area contributed by atoms with Crippen molar-refractivity contribution in [3.63, 3.8) is 0 Å². The molecule has 0 radical (unpaired) electrons. The molecule has 3 atom stereocenters. The smallest absolute Gasteiger partial charge is 0.236 e. The molecule has 0 saturated carbocycles. The highest BCUT2D eigenvalue weighted by Crippen LogP contribution is 2.53. The Hall–Kier alpha value is -2.25. The van der Waals surface area contributed by atoms with E-state index in [9.17, 15) is 9.59 Å². The van der Waals surface area contributed by atoms with E-state index in [1.165, 1.54) is 27.1 Å². The highest BCUT2D eigenvalue weighted by atomic mass is 35.5. The van der Waals surface area contributed by atoms with Gasteiger partial charge in [-0.2, -0.15) is 0 Å². The molecular formula is C23H27ClN2O5. The van der Waals surface area contributed by atoms with E-state index >= 15 is 0 Å². The third-order valence-electron chi connectivity index (χ3n) is 7.34. The van der Waals surface area contributed by atoms with E-state index in [-0.39, 0.29) is 28.0 Å². The number of nitrogens with zero attached hydrogens (tertiary/aromatic N) is 1. The molecule has 1 aromatic rings. The maximum atomic E-state index is 13.5. The number of hydrogen-bond acceptors (Lipinski definition) is 7. The van der Waals surface area contributed by atoms with Crippen LogP contribution in [-0.2, 0) is 4.79 Å². The fourth-order valence-corrected chi connectivity index (χ4v) is 5.86. The van der Waals surface area contributed by atoms with E-state index < -0.39 is 11.4 Å². The van der Waals surface area contributed by atoms with Gasteiger partial charge < -0.3 is 24.4 Å². The Morgan fingerprint density at radius 3 is 2.48 bits per heavy atom. The average Bonchev–Trinajstić information content (AvgIpc) is 3.09. The number of methoxy groups -OCH3 is 2. The van der Waals surface area contributed by atoms with Gasteiger partial charge in [0.25, 0.3) is 0 Å². The number of rotatable bonds is 4. The van der Waals surface area contributed by atoms with Crippen LogP contribution < -0.4 is 19.5 Å². The van der Waals surface area contributed by atoms with Crippen molar-refractivity contribution in [2.75, 3.05) is 33.9 Å². The zero-order valence-electron chi connectivity index (χ0n) is 18.0. The number of allylic oxidation sites excluding steroid dienone is 1. The second-order valence-corrected chi connectivity index (χ2v) is 9.37. The zero-order chi connectivity index (χ0) is 21.9. The minimum atomic E-state index is -1.62. The molecule has 1 aromatic carbocycles. The molecule has 8 heteroatoms. The number of benzene rings is 1. The van der Waals surface area contributed by atoms with E-state index in [4.69, 9.17) is 25.8 Å². The second kappa shape index (κ2) is 7.41. The van der Waals surface area contributed by atoms with Crippen LogP contribution in [0.2, 0.25) is 5.02 Å². The molecule has 166 valence electrons. The van der Waals surface area contributed by atoms with E-state index in [1.54, 1.807) is 12.1 Å². The normalized spacial score (nSPS) is 33.7. The molecule has 5 aliphatic rings. The molecule has 4 aliphatic heterocycles. The van der Waals surface area contributed by atoms with Crippen molar-refractivity contribution in [1.29, 1.82) is 0 Å². The van der Waals surface area contributed by atoms with Gasteiger partial charge in [-0.15, -0.1) is 0 Å². The Balaban J connectivity index is 1.46. The second-order valence-electron chi connectivity index (χ2n) is 8.99. The number of fused-ring (bicyclic) bond motifs is 4. The van der Waals surface area contributed by atoms with E-state index in [2.05, 4.69) is 10.2 Å². The minimum Gasteiger partial charge on any atom is -0.496 e. The maximum absolute atomic E-state index is 13.5. The lowest BCUT2D eigenvalue weighted by Crippen LogP contribution is -2.58. The first-order valence-electron chi connectivity index (χ1n) is 10.8. The predicted molar refractivity (Wildman–Crippen MR) is 115 cm³/mol. The summed E-state index contributed by atoms with van der Waals surface area (Å²) >= 11 is 6.44. The van der Waals surface area contributed by atoms with E-state index in [1.807, 2.05) is 6.92 Å². The van der Waals surface area contributed by atoms with E-state index in [0.29, 0.717) is 29.9 Å². The van der Waals surface area contributed by atoms with Gasteiger partial charge in [-0.05, 0) is 38.3 Å². The number of Topliss-reactive ketones (excluding diaryl/α,β-unsaturated/α-hetero) is 1. The van der Waals surface area contributed by atoms with Gasteiger partial charge >= 0.3 is 0 Å². The van der Waals surface area contributed by atoms with Gasteiger partial charge in [0, 0.05) is 36.3 Å².